The van der Waals surface area contributed by atoms with E-state index in [-0.39, 0.29) is 11.8 Å². The first-order valence-corrected chi connectivity index (χ1v) is 9.09. The summed E-state index contributed by atoms with van der Waals surface area (Å²) in [6.45, 7) is 3.96. The second kappa shape index (κ2) is 9.33. The predicted octanol–water partition coefficient (Wildman–Crippen LogP) is 4.37. The Morgan fingerprint density at radius 3 is 1.93 bits per heavy atom. The Kier molecular flexibility index (Phi) is 6.37. The van der Waals surface area contributed by atoms with E-state index in [0.29, 0.717) is 17.8 Å². The molecule has 0 fully saturated rings. The molecule has 3 aromatic carbocycles. The molecule has 0 heterocycles. The van der Waals surface area contributed by atoms with Crippen molar-refractivity contribution in [3.8, 4) is 0 Å². The highest BCUT2D eigenvalue weighted by Crippen LogP contribution is 2.27. The van der Waals surface area contributed by atoms with Gasteiger partial charge in [-0.1, -0.05) is 78.9 Å². The minimum atomic E-state index is -0.480. The van der Waals surface area contributed by atoms with Gasteiger partial charge in [0.15, 0.2) is 0 Å². The fourth-order valence-corrected chi connectivity index (χ4v) is 3.04. The summed E-state index contributed by atoms with van der Waals surface area (Å²) in [6.07, 6.45) is 1.61. The fourth-order valence-electron chi connectivity index (χ4n) is 3.04. The number of rotatable bonds is 7. The number of para-hydroxylation sites is 1. The number of hydrogen-bond acceptors (Lipinski definition) is 2. The van der Waals surface area contributed by atoms with Crippen molar-refractivity contribution >= 4 is 17.5 Å². The Bertz CT molecular complexity index is 913. The molecule has 0 saturated carbocycles. The molecule has 4 nitrogen and oxygen atoms in total. The van der Waals surface area contributed by atoms with E-state index in [2.05, 4.69) is 17.2 Å². The quantitative estimate of drug-likeness (QED) is 0.607. The van der Waals surface area contributed by atoms with Crippen LogP contribution in [0.2, 0.25) is 0 Å². The molecule has 0 aliphatic heterocycles. The molecule has 0 aromatic heterocycles. The molecule has 28 heavy (non-hydrogen) atoms. The molecule has 140 valence electrons. The summed E-state index contributed by atoms with van der Waals surface area (Å²) in [5, 5.41) is 5.69. The monoisotopic (exact) mass is 370 g/mol. The lowest BCUT2D eigenvalue weighted by molar-refractivity contribution is -0.116. The second-order valence-electron chi connectivity index (χ2n) is 6.29. The van der Waals surface area contributed by atoms with Gasteiger partial charge in [0.1, 0.15) is 0 Å². The first kappa shape index (κ1) is 19.1. The van der Waals surface area contributed by atoms with Crippen LogP contribution in [0.4, 0.5) is 5.69 Å². The van der Waals surface area contributed by atoms with Crippen molar-refractivity contribution in [2.24, 2.45) is 0 Å². The van der Waals surface area contributed by atoms with Crippen molar-refractivity contribution in [1.29, 1.82) is 0 Å². The maximum atomic E-state index is 13.2. The van der Waals surface area contributed by atoms with Crippen molar-refractivity contribution < 1.29 is 9.59 Å². The van der Waals surface area contributed by atoms with Crippen molar-refractivity contribution in [2.45, 2.75) is 5.92 Å². The molecule has 2 N–H and O–H groups in total. The Morgan fingerprint density at radius 2 is 1.36 bits per heavy atom. The zero-order chi connectivity index (χ0) is 19.8. The molecule has 3 rings (SSSR count). The molecule has 0 radical (unpaired) electrons. The van der Waals surface area contributed by atoms with Gasteiger partial charge in [0.2, 0.25) is 5.91 Å². The minimum Gasteiger partial charge on any atom is -0.349 e. The first-order valence-electron chi connectivity index (χ1n) is 9.09. The van der Waals surface area contributed by atoms with Gasteiger partial charge in [-0.05, 0) is 23.3 Å². The molecule has 0 aliphatic rings. The van der Waals surface area contributed by atoms with Crippen molar-refractivity contribution in [2.75, 3.05) is 11.9 Å². The largest absolute Gasteiger partial charge is 0.349 e. The van der Waals surface area contributed by atoms with Crippen molar-refractivity contribution in [1.82, 2.24) is 5.32 Å². The van der Waals surface area contributed by atoms with Crippen molar-refractivity contribution in [3.63, 3.8) is 0 Å². The fraction of sp³-hybridized carbons (Fsp3) is 0.0833. The number of anilines is 1. The second-order valence-corrected chi connectivity index (χ2v) is 6.29. The summed E-state index contributed by atoms with van der Waals surface area (Å²) in [5.41, 5.74) is 2.67. The highest BCUT2D eigenvalue weighted by Gasteiger charge is 2.24. The molecular formula is C24H22N2O2. The van der Waals surface area contributed by atoms with Gasteiger partial charge in [-0.15, -0.1) is 6.58 Å². The molecule has 2 amide bonds. The Hall–Kier alpha value is -3.66. The lowest BCUT2D eigenvalue weighted by Crippen LogP contribution is -2.27. The molecule has 0 aliphatic carbocycles. The van der Waals surface area contributed by atoms with Crippen LogP contribution < -0.4 is 10.6 Å². The SMILES string of the molecule is C=CCNC(=O)c1ccccc1NC(=O)C(c1ccccc1)c1ccccc1. The van der Waals surface area contributed by atoms with Gasteiger partial charge in [-0.3, -0.25) is 9.59 Å². The molecule has 0 atom stereocenters. The summed E-state index contributed by atoms with van der Waals surface area (Å²) < 4.78 is 0. The highest BCUT2D eigenvalue weighted by molar-refractivity contribution is 6.05. The van der Waals surface area contributed by atoms with Gasteiger partial charge in [0.05, 0.1) is 17.2 Å². The van der Waals surface area contributed by atoms with Crippen LogP contribution in [-0.4, -0.2) is 18.4 Å². The molecule has 0 bridgehead atoms. The van der Waals surface area contributed by atoms with Crippen LogP contribution in [0, 0.1) is 0 Å². The van der Waals surface area contributed by atoms with Crippen LogP contribution in [0.5, 0.6) is 0 Å². The summed E-state index contributed by atoms with van der Waals surface area (Å²) >= 11 is 0. The third kappa shape index (κ3) is 4.54. The lowest BCUT2D eigenvalue weighted by atomic mass is 9.90. The Labute approximate surface area is 164 Å². The topological polar surface area (TPSA) is 58.2 Å². The van der Waals surface area contributed by atoms with E-state index in [1.807, 2.05) is 60.7 Å². The van der Waals surface area contributed by atoms with Crippen LogP contribution in [-0.2, 0) is 4.79 Å². The van der Waals surface area contributed by atoms with Crippen LogP contribution >= 0.6 is 0 Å². The van der Waals surface area contributed by atoms with Gasteiger partial charge >= 0.3 is 0 Å². The average Bonchev–Trinajstić information content (AvgIpc) is 2.74. The van der Waals surface area contributed by atoms with E-state index >= 15 is 0 Å². The number of hydrogen-bond donors (Lipinski definition) is 2. The number of carbonyl (C=O) groups excluding carboxylic acids is 2. The standard InChI is InChI=1S/C24H22N2O2/c1-2-17-25-23(27)20-15-9-10-16-21(20)26-24(28)22(18-11-5-3-6-12-18)19-13-7-4-8-14-19/h2-16,22H,1,17H2,(H,25,27)(H,26,28). The molecule has 3 aromatic rings. The summed E-state index contributed by atoms with van der Waals surface area (Å²) in [6, 6.07) is 26.2. The average molecular weight is 370 g/mol. The molecular weight excluding hydrogens is 348 g/mol. The number of nitrogens with one attached hydrogen (secondary N) is 2. The van der Waals surface area contributed by atoms with Gasteiger partial charge < -0.3 is 10.6 Å². The van der Waals surface area contributed by atoms with E-state index < -0.39 is 5.92 Å². The van der Waals surface area contributed by atoms with E-state index in [1.165, 1.54) is 0 Å². The zero-order valence-corrected chi connectivity index (χ0v) is 15.5. The smallest absolute Gasteiger partial charge is 0.253 e. The highest BCUT2D eigenvalue weighted by atomic mass is 16.2. The summed E-state index contributed by atoms with van der Waals surface area (Å²) in [5.74, 6) is -0.931. The normalized spacial score (nSPS) is 10.3. The van der Waals surface area contributed by atoms with Crippen LogP contribution in [0.15, 0.2) is 97.6 Å². The molecule has 0 saturated heterocycles. The Morgan fingerprint density at radius 1 is 0.821 bits per heavy atom. The predicted molar refractivity (Wildman–Crippen MR) is 112 cm³/mol. The van der Waals surface area contributed by atoms with E-state index in [1.54, 1.807) is 30.3 Å². The maximum absolute atomic E-state index is 13.2. The van der Waals surface area contributed by atoms with E-state index in [4.69, 9.17) is 0 Å². The van der Waals surface area contributed by atoms with Crippen LogP contribution in [0.1, 0.15) is 27.4 Å². The van der Waals surface area contributed by atoms with Crippen LogP contribution in [0.3, 0.4) is 0 Å². The van der Waals surface area contributed by atoms with Gasteiger partial charge in [0.25, 0.3) is 5.91 Å². The number of carbonyl (C=O) groups is 2. The first-order chi connectivity index (χ1) is 13.7. The van der Waals surface area contributed by atoms with Gasteiger partial charge in [0, 0.05) is 6.54 Å². The van der Waals surface area contributed by atoms with Gasteiger partial charge in [-0.2, -0.15) is 0 Å². The van der Waals surface area contributed by atoms with Crippen molar-refractivity contribution in [3.05, 3.63) is 114 Å². The zero-order valence-electron chi connectivity index (χ0n) is 15.5. The van der Waals surface area contributed by atoms with E-state index in [9.17, 15) is 9.59 Å². The third-order valence-electron chi connectivity index (χ3n) is 4.36. The molecule has 0 unspecified atom stereocenters. The number of amides is 2. The lowest BCUT2D eigenvalue weighted by Gasteiger charge is -2.19. The minimum absolute atomic E-state index is 0.193. The van der Waals surface area contributed by atoms with E-state index in [0.717, 1.165) is 11.1 Å². The number of benzene rings is 3. The molecule has 0 spiro atoms. The maximum Gasteiger partial charge on any atom is 0.253 e. The van der Waals surface area contributed by atoms with Crippen LogP contribution in [0.25, 0.3) is 0 Å². The summed E-state index contributed by atoms with van der Waals surface area (Å²) in [4.78, 5) is 25.6. The summed E-state index contributed by atoms with van der Waals surface area (Å²) in [7, 11) is 0. The third-order valence-corrected chi connectivity index (χ3v) is 4.36. The van der Waals surface area contributed by atoms with Gasteiger partial charge in [-0.25, -0.2) is 0 Å². The molecule has 4 heteroatoms. The Balaban J connectivity index is 1.92.